The second kappa shape index (κ2) is 12.8. The molecule has 3 amide bonds. The van der Waals surface area contributed by atoms with Crippen molar-refractivity contribution in [2.24, 2.45) is 5.10 Å². The molecule has 0 atom stereocenters. The standard InChI is InChI=1S/C25H23ClN4O4/c26-20-7-4-8-21(15-20)29-23(31)17-34-22-11-9-19(10-12-22)16-28-30-25(33)24(32)27-14-13-18-5-2-1-3-6-18/h1-12,15-16H,13-14,17H2,(H,27,32)(H,29,31)(H,30,33)/b28-16-. The molecule has 0 heterocycles. The third-order valence-corrected chi connectivity index (χ3v) is 4.72. The second-order valence-electron chi connectivity index (χ2n) is 7.11. The van der Waals surface area contributed by atoms with Crippen molar-refractivity contribution in [1.82, 2.24) is 10.7 Å². The monoisotopic (exact) mass is 478 g/mol. The van der Waals surface area contributed by atoms with Crippen molar-refractivity contribution in [3.05, 3.63) is 95.0 Å². The predicted octanol–water partition coefficient (Wildman–Crippen LogP) is 3.17. The average molecular weight is 479 g/mol. The first-order valence-electron chi connectivity index (χ1n) is 10.4. The van der Waals surface area contributed by atoms with Crippen molar-refractivity contribution >= 4 is 41.2 Å². The Balaban J connectivity index is 1.37. The zero-order valence-corrected chi connectivity index (χ0v) is 18.9. The van der Waals surface area contributed by atoms with Crippen molar-refractivity contribution in [3.63, 3.8) is 0 Å². The molecule has 0 aliphatic carbocycles. The van der Waals surface area contributed by atoms with Gasteiger partial charge >= 0.3 is 11.8 Å². The third-order valence-electron chi connectivity index (χ3n) is 4.49. The molecule has 0 saturated heterocycles. The average Bonchev–Trinajstić information content (AvgIpc) is 2.84. The first-order chi connectivity index (χ1) is 16.5. The van der Waals surface area contributed by atoms with Crippen LogP contribution >= 0.6 is 11.6 Å². The number of rotatable bonds is 9. The van der Waals surface area contributed by atoms with Crippen LogP contribution in [0.5, 0.6) is 5.75 Å². The largest absolute Gasteiger partial charge is 0.484 e. The summed E-state index contributed by atoms with van der Waals surface area (Å²) in [7, 11) is 0. The number of hydrazone groups is 1. The summed E-state index contributed by atoms with van der Waals surface area (Å²) < 4.78 is 5.46. The highest BCUT2D eigenvalue weighted by Crippen LogP contribution is 2.15. The SMILES string of the molecule is O=C(COc1ccc(/C=N\NC(=O)C(=O)NCCc2ccccc2)cc1)Nc1cccc(Cl)c1. The molecule has 0 spiro atoms. The summed E-state index contributed by atoms with van der Waals surface area (Å²) in [5.41, 5.74) is 4.50. The molecule has 0 bridgehead atoms. The molecule has 0 aliphatic heterocycles. The second-order valence-corrected chi connectivity index (χ2v) is 7.54. The number of carbonyl (C=O) groups is 3. The lowest BCUT2D eigenvalue weighted by Gasteiger charge is -2.08. The van der Waals surface area contributed by atoms with E-state index in [2.05, 4.69) is 21.2 Å². The number of benzene rings is 3. The van der Waals surface area contributed by atoms with Crippen LogP contribution < -0.4 is 20.8 Å². The number of ether oxygens (including phenoxy) is 1. The minimum atomic E-state index is -0.852. The van der Waals surface area contributed by atoms with Crippen LogP contribution in [0.15, 0.2) is 84.0 Å². The molecule has 0 aliphatic rings. The van der Waals surface area contributed by atoms with Crippen molar-refractivity contribution in [2.75, 3.05) is 18.5 Å². The molecule has 0 radical (unpaired) electrons. The van der Waals surface area contributed by atoms with Gasteiger partial charge in [-0.3, -0.25) is 14.4 Å². The fourth-order valence-electron chi connectivity index (χ4n) is 2.82. The number of hydrogen-bond donors (Lipinski definition) is 3. The van der Waals surface area contributed by atoms with Gasteiger partial charge in [-0.05, 0) is 60.0 Å². The van der Waals surface area contributed by atoms with Crippen molar-refractivity contribution in [2.45, 2.75) is 6.42 Å². The number of hydrogen-bond acceptors (Lipinski definition) is 5. The summed E-state index contributed by atoms with van der Waals surface area (Å²) in [4.78, 5) is 35.6. The van der Waals surface area contributed by atoms with Crippen LogP contribution in [0.1, 0.15) is 11.1 Å². The summed E-state index contributed by atoms with van der Waals surface area (Å²) in [6.45, 7) is 0.175. The Kier molecular flexibility index (Phi) is 9.19. The smallest absolute Gasteiger partial charge is 0.329 e. The van der Waals surface area contributed by atoms with Crippen LogP contribution in [0, 0.1) is 0 Å². The van der Waals surface area contributed by atoms with Crippen LogP contribution in [0.2, 0.25) is 5.02 Å². The molecule has 8 nitrogen and oxygen atoms in total. The summed E-state index contributed by atoms with van der Waals surface area (Å²) in [5.74, 6) is -1.44. The van der Waals surface area contributed by atoms with Gasteiger partial charge in [-0.1, -0.05) is 48.0 Å². The first kappa shape index (κ1) is 24.5. The van der Waals surface area contributed by atoms with Crippen molar-refractivity contribution in [1.29, 1.82) is 0 Å². The summed E-state index contributed by atoms with van der Waals surface area (Å²) in [6.07, 6.45) is 2.02. The third kappa shape index (κ3) is 8.40. The van der Waals surface area contributed by atoms with Gasteiger partial charge in [0.1, 0.15) is 5.75 Å². The van der Waals surface area contributed by atoms with Gasteiger partial charge < -0.3 is 15.4 Å². The quantitative estimate of drug-likeness (QED) is 0.249. The van der Waals surface area contributed by atoms with E-state index >= 15 is 0 Å². The van der Waals surface area contributed by atoms with Crippen LogP contribution in [-0.4, -0.2) is 37.1 Å². The fourth-order valence-corrected chi connectivity index (χ4v) is 3.01. The van der Waals surface area contributed by atoms with E-state index in [0.29, 0.717) is 35.0 Å². The highest BCUT2D eigenvalue weighted by atomic mass is 35.5. The molecule has 3 N–H and O–H groups in total. The number of halogens is 1. The Hall–Kier alpha value is -4.17. The number of carbonyl (C=O) groups excluding carboxylic acids is 3. The van der Waals surface area contributed by atoms with E-state index in [1.54, 1.807) is 48.5 Å². The molecule has 0 aromatic heterocycles. The van der Waals surface area contributed by atoms with Gasteiger partial charge in [0, 0.05) is 17.3 Å². The molecular formula is C25H23ClN4O4. The van der Waals surface area contributed by atoms with Gasteiger partial charge in [0.15, 0.2) is 6.61 Å². The Morgan fingerprint density at radius 1 is 0.912 bits per heavy atom. The van der Waals surface area contributed by atoms with E-state index in [-0.39, 0.29) is 12.5 Å². The zero-order valence-electron chi connectivity index (χ0n) is 18.2. The maximum absolute atomic E-state index is 12.0. The lowest BCUT2D eigenvalue weighted by molar-refractivity contribution is -0.139. The topological polar surface area (TPSA) is 109 Å². The van der Waals surface area contributed by atoms with Gasteiger partial charge in [0.25, 0.3) is 5.91 Å². The van der Waals surface area contributed by atoms with E-state index in [0.717, 1.165) is 5.56 Å². The van der Waals surface area contributed by atoms with Crippen LogP contribution in [0.25, 0.3) is 0 Å². The molecule has 3 aromatic carbocycles. The number of amides is 3. The lowest BCUT2D eigenvalue weighted by Crippen LogP contribution is -2.38. The molecule has 9 heteroatoms. The van der Waals surface area contributed by atoms with Gasteiger partial charge in [-0.15, -0.1) is 0 Å². The van der Waals surface area contributed by atoms with Crippen LogP contribution in [-0.2, 0) is 20.8 Å². The Labute approximate surface area is 202 Å². The van der Waals surface area contributed by atoms with Crippen molar-refractivity contribution in [3.8, 4) is 5.75 Å². The number of anilines is 1. The van der Waals surface area contributed by atoms with Gasteiger partial charge in [0.2, 0.25) is 0 Å². The molecule has 0 unspecified atom stereocenters. The van der Waals surface area contributed by atoms with Crippen LogP contribution in [0.4, 0.5) is 5.69 Å². The highest BCUT2D eigenvalue weighted by molar-refractivity contribution is 6.35. The molecule has 0 fully saturated rings. The highest BCUT2D eigenvalue weighted by Gasteiger charge is 2.11. The van der Waals surface area contributed by atoms with E-state index in [4.69, 9.17) is 16.3 Å². The summed E-state index contributed by atoms with van der Waals surface area (Å²) >= 11 is 5.89. The van der Waals surface area contributed by atoms with E-state index in [9.17, 15) is 14.4 Å². The minimum absolute atomic E-state index is 0.171. The maximum atomic E-state index is 12.0. The maximum Gasteiger partial charge on any atom is 0.329 e. The molecule has 0 saturated carbocycles. The fraction of sp³-hybridized carbons (Fsp3) is 0.120. The van der Waals surface area contributed by atoms with E-state index < -0.39 is 11.8 Å². The number of nitrogens with one attached hydrogen (secondary N) is 3. The summed E-state index contributed by atoms with van der Waals surface area (Å²) in [6, 6.07) is 23.2. The normalized spacial score (nSPS) is 10.5. The molecule has 34 heavy (non-hydrogen) atoms. The number of nitrogens with zero attached hydrogens (tertiary/aromatic N) is 1. The van der Waals surface area contributed by atoms with Gasteiger partial charge in [-0.2, -0.15) is 5.10 Å². The Bertz CT molecular complexity index is 1150. The lowest BCUT2D eigenvalue weighted by atomic mass is 10.1. The predicted molar refractivity (Wildman–Crippen MR) is 131 cm³/mol. The van der Waals surface area contributed by atoms with Gasteiger partial charge in [0.05, 0.1) is 6.21 Å². The zero-order chi connectivity index (χ0) is 24.2. The van der Waals surface area contributed by atoms with Crippen LogP contribution in [0.3, 0.4) is 0 Å². The van der Waals surface area contributed by atoms with E-state index in [1.165, 1.54) is 6.21 Å². The first-order valence-corrected chi connectivity index (χ1v) is 10.8. The molecular weight excluding hydrogens is 456 g/mol. The van der Waals surface area contributed by atoms with Gasteiger partial charge in [-0.25, -0.2) is 5.43 Å². The molecule has 174 valence electrons. The Morgan fingerprint density at radius 2 is 1.68 bits per heavy atom. The Morgan fingerprint density at radius 3 is 2.41 bits per heavy atom. The molecule has 3 aromatic rings. The summed E-state index contributed by atoms with van der Waals surface area (Å²) in [5, 5.41) is 9.55. The van der Waals surface area contributed by atoms with Crippen molar-refractivity contribution < 1.29 is 19.1 Å². The minimum Gasteiger partial charge on any atom is -0.484 e. The molecule has 3 rings (SSSR count). The van der Waals surface area contributed by atoms with E-state index in [1.807, 2.05) is 30.3 Å².